The minimum Gasteiger partial charge on any atom is -0.456 e. The van der Waals surface area contributed by atoms with Crippen LogP contribution in [0, 0.1) is 0 Å². The molecule has 4 heterocycles. The van der Waals surface area contributed by atoms with Crippen molar-refractivity contribution in [3.8, 4) is 34.0 Å². The predicted molar refractivity (Wildman–Crippen MR) is 226 cm³/mol. The minimum absolute atomic E-state index is 0.609. The molecule has 0 aliphatic rings. The lowest BCUT2D eigenvalue weighted by Gasteiger charge is -2.14. The van der Waals surface area contributed by atoms with E-state index in [2.05, 4.69) is 173 Å². The second kappa shape index (κ2) is 11.5. The minimum atomic E-state index is 0.609. The lowest BCUT2D eigenvalue weighted by molar-refractivity contribution is 0.669. The molecule has 0 unspecified atom stereocenters. The number of rotatable bonds is 4. The number of hydrogen-bond acceptors (Lipinski definition) is 3. The van der Waals surface area contributed by atoms with Crippen LogP contribution in [0.25, 0.3) is 110 Å². The van der Waals surface area contributed by atoms with E-state index in [0.29, 0.717) is 5.95 Å². The summed E-state index contributed by atoms with van der Waals surface area (Å²) in [6, 6.07) is 64.1. The zero-order valence-corrected chi connectivity index (χ0v) is 29.5. The molecule has 0 aliphatic carbocycles. The van der Waals surface area contributed by atoms with E-state index in [0.717, 1.165) is 93.6 Å². The van der Waals surface area contributed by atoms with E-state index >= 15 is 0 Å². The maximum Gasteiger partial charge on any atom is 0.235 e. The van der Waals surface area contributed by atoms with Crippen molar-refractivity contribution < 1.29 is 4.42 Å². The molecule has 0 fully saturated rings. The Hall–Kier alpha value is -7.50. The highest BCUT2D eigenvalue weighted by Gasteiger charge is 2.26. The Morgan fingerprint density at radius 2 is 1.00 bits per heavy atom. The van der Waals surface area contributed by atoms with Gasteiger partial charge in [-0.2, -0.15) is 0 Å². The SMILES string of the molecule is c1ccc(-c2cccc(-n3c4ccccc4c4ccc5c6ccc7oc8ccccc8c7c6n(-c6nc(-c7ccccc7)c7ccccc7n6)c5c43)c2)cc1. The Kier molecular flexibility index (Phi) is 6.27. The van der Waals surface area contributed by atoms with E-state index in [1.165, 1.54) is 10.9 Å². The van der Waals surface area contributed by atoms with Gasteiger partial charge in [-0.25, -0.2) is 9.97 Å². The van der Waals surface area contributed by atoms with Crippen LogP contribution < -0.4 is 0 Å². The average Bonchev–Trinajstić information content (AvgIpc) is 3.92. The van der Waals surface area contributed by atoms with Gasteiger partial charge < -0.3 is 8.98 Å². The van der Waals surface area contributed by atoms with Crippen LogP contribution in [0.15, 0.2) is 186 Å². The zero-order chi connectivity index (χ0) is 36.0. The third-order valence-corrected chi connectivity index (χ3v) is 11.1. The van der Waals surface area contributed by atoms with Crippen LogP contribution in [0.3, 0.4) is 0 Å². The van der Waals surface area contributed by atoms with E-state index in [1.54, 1.807) is 0 Å². The Bertz CT molecular complexity index is 3480. The highest BCUT2D eigenvalue weighted by atomic mass is 16.3. The molecule has 0 aliphatic heterocycles. The lowest BCUT2D eigenvalue weighted by Crippen LogP contribution is -2.05. The molecule has 256 valence electrons. The fourth-order valence-electron chi connectivity index (χ4n) is 8.75. The first-order chi connectivity index (χ1) is 27.3. The van der Waals surface area contributed by atoms with E-state index < -0.39 is 0 Å². The molecule has 0 bridgehead atoms. The predicted octanol–water partition coefficient (Wildman–Crippen LogP) is 13.1. The van der Waals surface area contributed by atoms with Crippen molar-refractivity contribution in [1.29, 1.82) is 0 Å². The van der Waals surface area contributed by atoms with Gasteiger partial charge in [0.1, 0.15) is 11.2 Å². The third kappa shape index (κ3) is 4.35. The first kappa shape index (κ1) is 30.0. The maximum absolute atomic E-state index is 6.54. The Morgan fingerprint density at radius 3 is 1.84 bits per heavy atom. The first-order valence-corrected chi connectivity index (χ1v) is 18.6. The summed E-state index contributed by atoms with van der Waals surface area (Å²) < 4.78 is 11.3. The molecule has 0 saturated carbocycles. The highest BCUT2D eigenvalue weighted by Crippen LogP contribution is 2.45. The number of fused-ring (bicyclic) bond motifs is 12. The van der Waals surface area contributed by atoms with Crippen molar-refractivity contribution in [3.05, 3.63) is 182 Å². The molecule has 0 spiro atoms. The van der Waals surface area contributed by atoms with Gasteiger partial charge in [-0.3, -0.25) is 4.57 Å². The summed E-state index contributed by atoms with van der Waals surface area (Å²) in [5.41, 5.74) is 12.2. The normalized spacial score (nSPS) is 12.0. The highest BCUT2D eigenvalue weighted by molar-refractivity contribution is 6.29. The number of aromatic nitrogens is 4. The molecule has 0 saturated heterocycles. The Morgan fingerprint density at radius 1 is 0.382 bits per heavy atom. The number of hydrogen-bond donors (Lipinski definition) is 0. The van der Waals surface area contributed by atoms with Crippen molar-refractivity contribution in [2.24, 2.45) is 0 Å². The molecular weight excluding hydrogens is 673 g/mol. The maximum atomic E-state index is 6.54. The summed E-state index contributed by atoms with van der Waals surface area (Å²) in [7, 11) is 0. The van der Waals surface area contributed by atoms with Crippen molar-refractivity contribution in [2.75, 3.05) is 0 Å². The molecule has 12 rings (SSSR count). The smallest absolute Gasteiger partial charge is 0.235 e. The Balaban J connectivity index is 1.31. The van der Waals surface area contributed by atoms with Gasteiger partial charge in [-0.1, -0.05) is 140 Å². The van der Waals surface area contributed by atoms with Gasteiger partial charge >= 0.3 is 0 Å². The molecule has 0 amide bonds. The second-order valence-corrected chi connectivity index (χ2v) is 14.2. The zero-order valence-electron chi connectivity index (χ0n) is 29.5. The van der Waals surface area contributed by atoms with Gasteiger partial charge in [-0.15, -0.1) is 0 Å². The monoisotopic (exact) mass is 702 g/mol. The van der Waals surface area contributed by atoms with Gasteiger partial charge in [0.05, 0.1) is 38.7 Å². The van der Waals surface area contributed by atoms with Crippen LogP contribution in [0.2, 0.25) is 0 Å². The largest absolute Gasteiger partial charge is 0.456 e. The van der Waals surface area contributed by atoms with Gasteiger partial charge in [-0.05, 0) is 53.6 Å². The van der Waals surface area contributed by atoms with Gasteiger partial charge in [0.2, 0.25) is 5.95 Å². The summed E-state index contributed by atoms with van der Waals surface area (Å²) in [5.74, 6) is 0.609. The van der Waals surface area contributed by atoms with Crippen LogP contribution in [0.4, 0.5) is 0 Å². The summed E-state index contributed by atoms with van der Waals surface area (Å²) in [5, 5.41) is 7.70. The third-order valence-electron chi connectivity index (χ3n) is 11.1. The molecule has 0 radical (unpaired) electrons. The summed E-state index contributed by atoms with van der Waals surface area (Å²) in [6.07, 6.45) is 0. The molecule has 55 heavy (non-hydrogen) atoms. The summed E-state index contributed by atoms with van der Waals surface area (Å²) in [6.45, 7) is 0. The number of nitrogens with zero attached hydrogens (tertiary/aromatic N) is 4. The van der Waals surface area contributed by atoms with Crippen LogP contribution in [0.5, 0.6) is 0 Å². The fourth-order valence-corrected chi connectivity index (χ4v) is 8.75. The number of furan rings is 1. The van der Waals surface area contributed by atoms with Crippen LogP contribution in [-0.4, -0.2) is 19.1 Å². The number of para-hydroxylation sites is 3. The van der Waals surface area contributed by atoms with Gasteiger partial charge in [0.15, 0.2) is 0 Å². The summed E-state index contributed by atoms with van der Waals surface area (Å²) in [4.78, 5) is 10.9. The van der Waals surface area contributed by atoms with Crippen LogP contribution in [0.1, 0.15) is 0 Å². The standard InChI is InChI=1S/C50H30N4O/c1-3-14-31(15-4-1)33-18-13-19-34(30-33)53-42-24-11-8-20-35(42)36-26-27-38-37-28-29-44-45(40-22-9-12-25-43(40)55-44)47(37)54(49(38)48(36)53)50-51-41-23-10-7-21-39(41)46(52-50)32-16-5-2-6-17-32/h1-30H. The topological polar surface area (TPSA) is 48.8 Å². The molecule has 0 atom stereocenters. The molecular formula is C50H30N4O. The Labute approximate surface area is 315 Å². The quantitative estimate of drug-likeness (QED) is 0.183. The molecule has 12 aromatic rings. The van der Waals surface area contributed by atoms with E-state index in [1.807, 2.05) is 18.2 Å². The lowest BCUT2D eigenvalue weighted by atomic mass is 10.0. The van der Waals surface area contributed by atoms with Gasteiger partial charge in [0, 0.05) is 43.6 Å². The molecule has 5 nitrogen and oxygen atoms in total. The van der Waals surface area contributed by atoms with Gasteiger partial charge in [0.25, 0.3) is 0 Å². The molecule has 4 aromatic heterocycles. The summed E-state index contributed by atoms with van der Waals surface area (Å²) >= 11 is 0. The number of benzene rings is 8. The molecule has 8 aromatic carbocycles. The molecule has 0 N–H and O–H groups in total. The average molecular weight is 703 g/mol. The fraction of sp³-hybridized carbons (Fsp3) is 0. The van der Waals surface area contributed by atoms with Crippen LogP contribution in [-0.2, 0) is 0 Å². The first-order valence-electron chi connectivity index (χ1n) is 18.6. The van der Waals surface area contributed by atoms with E-state index in [4.69, 9.17) is 14.4 Å². The van der Waals surface area contributed by atoms with Crippen molar-refractivity contribution in [2.45, 2.75) is 0 Å². The van der Waals surface area contributed by atoms with E-state index in [-0.39, 0.29) is 0 Å². The van der Waals surface area contributed by atoms with Crippen molar-refractivity contribution >= 4 is 76.5 Å². The van der Waals surface area contributed by atoms with Crippen molar-refractivity contribution in [1.82, 2.24) is 19.1 Å². The van der Waals surface area contributed by atoms with E-state index in [9.17, 15) is 0 Å². The second-order valence-electron chi connectivity index (χ2n) is 14.2. The molecule has 5 heteroatoms. The van der Waals surface area contributed by atoms with Crippen molar-refractivity contribution in [3.63, 3.8) is 0 Å². The van der Waals surface area contributed by atoms with Crippen LogP contribution >= 0.6 is 0 Å².